The predicted molar refractivity (Wildman–Crippen MR) is 59.2 cm³/mol. The molecule has 5 heteroatoms. The topological polar surface area (TPSA) is 73.5 Å². The summed E-state index contributed by atoms with van der Waals surface area (Å²) < 4.78 is 4.98. The summed E-state index contributed by atoms with van der Waals surface area (Å²) in [4.78, 5) is 0. The molecule has 0 heterocycles. The molecule has 2 unspecified atom stereocenters. The van der Waals surface area contributed by atoms with Gasteiger partial charge in [-0.1, -0.05) is 11.6 Å². The number of hydrogen-bond acceptors (Lipinski definition) is 4. The zero-order valence-electron chi connectivity index (χ0n) is 8.72. The minimum Gasteiger partial charge on any atom is -0.497 e. The van der Waals surface area contributed by atoms with Crippen molar-refractivity contribution in [3.63, 3.8) is 0 Å². The minimum absolute atomic E-state index is 0.143. The third-order valence-electron chi connectivity index (χ3n) is 2.14. The summed E-state index contributed by atoms with van der Waals surface area (Å²) >= 11 is 5.82. The SMILES string of the molecule is COc1cc(Cl)cc(C(O)C(O)CC#N)c1. The van der Waals surface area contributed by atoms with Gasteiger partial charge < -0.3 is 14.9 Å². The standard InChI is InChI=1S/C11H12ClNO3/c1-16-9-5-7(4-8(12)6-9)11(15)10(14)2-3-13/h4-6,10-11,14-15H,2H2,1H3. The largest absolute Gasteiger partial charge is 0.497 e. The number of nitrogens with zero attached hydrogens (tertiary/aromatic N) is 1. The first-order valence-corrected chi connectivity index (χ1v) is 5.04. The summed E-state index contributed by atoms with van der Waals surface area (Å²) in [5, 5.41) is 28.0. The lowest BCUT2D eigenvalue weighted by molar-refractivity contribution is 0.0215. The van der Waals surface area contributed by atoms with Crippen LogP contribution in [-0.4, -0.2) is 23.4 Å². The number of hydrogen-bond donors (Lipinski definition) is 2. The minimum atomic E-state index is -1.15. The molecule has 0 amide bonds. The van der Waals surface area contributed by atoms with E-state index in [0.717, 1.165) is 0 Å². The van der Waals surface area contributed by atoms with Crippen LogP contribution in [0.5, 0.6) is 5.75 Å². The summed E-state index contributed by atoms with van der Waals surface area (Å²) in [7, 11) is 1.48. The smallest absolute Gasteiger partial charge is 0.120 e. The molecule has 0 saturated heterocycles. The van der Waals surface area contributed by atoms with Crippen molar-refractivity contribution in [1.82, 2.24) is 0 Å². The summed E-state index contributed by atoms with van der Waals surface area (Å²) in [6.07, 6.45) is -2.42. The summed E-state index contributed by atoms with van der Waals surface area (Å²) in [5.74, 6) is 0.491. The molecular weight excluding hydrogens is 230 g/mol. The van der Waals surface area contributed by atoms with Gasteiger partial charge in [-0.3, -0.25) is 0 Å². The van der Waals surface area contributed by atoms with E-state index in [4.69, 9.17) is 21.6 Å². The van der Waals surface area contributed by atoms with Crippen LogP contribution in [0.3, 0.4) is 0 Å². The zero-order chi connectivity index (χ0) is 12.1. The van der Waals surface area contributed by atoms with Crippen LogP contribution in [0.25, 0.3) is 0 Å². The highest BCUT2D eigenvalue weighted by Gasteiger charge is 2.19. The van der Waals surface area contributed by atoms with E-state index in [1.165, 1.54) is 13.2 Å². The molecule has 1 rings (SSSR count). The number of rotatable bonds is 4. The lowest BCUT2D eigenvalue weighted by Gasteiger charge is -2.16. The van der Waals surface area contributed by atoms with Gasteiger partial charge in [-0.05, 0) is 23.8 Å². The number of aliphatic hydroxyl groups excluding tert-OH is 2. The average molecular weight is 242 g/mol. The summed E-state index contributed by atoms with van der Waals surface area (Å²) in [5.41, 5.74) is 0.423. The zero-order valence-corrected chi connectivity index (χ0v) is 9.48. The molecule has 0 aromatic heterocycles. The fourth-order valence-corrected chi connectivity index (χ4v) is 1.53. The Kier molecular flexibility index (Phi) is 4.56. The lowest BCUT2D eigenvalue weighted by Crippen LogP contribution is -2.17. The highest BCUT2D eigenvalue weighted by atomic mass is 35.5. The Hall–Kier alpha value is -1.28. The van der Waals surface area contributed by atoms with Gasteiger partial charge in [-0.2, -0.15) is 5.26 Å². The van der Waals surface area contributed by atoms with E-state index in [1.807, 2.05) is 0 Å². The quantitative estimate of drug-likeness (QED) is 0.841. The molecule has 0 aliphatic carbocycles. The van der Waals surface area contributed by atoms with Crippen molar-refractivity contribution in [3.8, 4) is 11.8 Å². The number of aliphatic hydroxyl groups is 2. The van der Waals surface area contributed by atoms with Gasteiger partial charge in [0.05, 0.1) is 25.7 Å². The fraction of sp³-hybridized carbons (Fsp3) is 0.364. The number of halogens is 1. The van der Waals surface area contributed by atoms with Crippen LogP contribution in [0.15, 0.2) is 18.2 Å². The van der Waals surface area contributed by atoms with Gasteiger partial charge in [-0.25, -0.2) is 0 Å². The van der Waals surface area contributed by atoms with Crippen LogP contribution in [0.1, 0.15) is 18.1 Å². The second-order valence-electron chi connectivity index (χ2n) is 3.30. The Morgan fingerprint density at radius 1 is 1.44 bits per heavy atom. The van der Waals surface area contributed by atoms with Crippen molar-refractivity contribution in [2.75, 3.05) is 7.11 Å². The van der Waals surface area contributed by atoms with Crippen molar-refractivity contribution in [2.45, 2.75) is 18.6 Å². The molecule has 0 radical (unpaired) electrons. The van der Waals surface area contributed by atoms with E-state index >= 15 is 0 Å². The first kappa shape index (κ1) is 12.8. The number of nitriles is 1. The van der Waals surface area contributed by atoms with Crippen LogP contribution in [-0.2, 0) is 0 Å². The summed E-state index contributed by atoms with van der Waals surface area (Å²) in [6.45, 7) is 0. The second-order valence-corrected chi connectivity index (χ2v) is 3.74. The Bertz CT molecular complexity index is 403. The first-order chi connectivity index (χ1) is 7.58. The van der Waals surface area contributed by atoms with Gasteiger partial charge in [0, 0.05) is 5.02 Å². The highest BCUT2D eigenvalue weighted by molar-refractivity contribution is 6.30. The average Bonchev–Trinajstić information content (AvgIpc) is 2.27. The molecule has 0 aliphatic rings. The van der Waals surface area contributed by atoms with Crippen LogP contribution in [0.4, 0.5) is 0 Å². The van der Waals surface area contributed by atoms with E-state index in [2.05, 4.69) is 0 Å². The van der Waals surface area contributed by atoms with Crippen molar-refractivity contribution < 1.29 is 14.9 Å². The molecule has 0 saturated carbocycles. The van der Waals surface area contributed by atoms with Gasteiger partial charge >= 0.3 is 0 Å². The Morgan fingerprint density at radius 3 is 2.69 bits per heavy atom. The molecule has 2 N–H and O–H groups in total. The van der Waals surface area contributed by atoms with Gasteiger partial charge in [-0.15, -0.1) is 0 Å². The van der Waals surface area contributed by atoms with Gasteiger partial charge in [0.1, 0.15) is 11.9 Å². The molecule has 2 atom stereocenters. The second kappa shape index (κ2) is 5.71. The monoisotopic (exact) mass is 241 g/mol. The van der Waals surface area contributed by atoms with E-state index in [0.29, 0.717) is 16.3 Å². The van der Waals surface area contributed by atoms with Gasteiger partial charge in [0.15, 0.2) is 0 Å². The van der Waals surface area contributed by atoms with E-state index in [9.17, 15) is 10.2 Å². The van der Waals surface area contributed by atoms with E-state index in [-0.39, 0.29) is 6.42 Å². The Morgan fingerprint density at radius 2 is 2.12 bits per heavy atom. The molecule has 16 heavy (non-hydrogen) atoms. The molecule has 1 aromatic carbocycles. The molecule has 1 aromatic rings. The maximum Gasteiger partial charge on any atom is 0.120 e. The number of methoxy groups -OCH3 is 1. The van der Waals surface area contributed by atoms with E-state index < -0.39 is 12.2 Å². The molecule has 0 bridgehead atoms. The number of benzene rings is 1. The maximum absolute atomic E-state index is 9.75. The predicted octanol–water partition coefficient (Wildman–Crippen LogP) is 1.66. The van der Waals surface area contributed by atoms with Gasteiger partial charge in [0.25, 0.3) is 0 Å². The molecule has 0 aliphatic heterocycles. The molecular formula is C11H12ClNO3. The Balaban J connectivity index is 2.95. The third kappa shape index (κ3) is 3.11. The van der Waals surface area contributed by atoms with Crippen LogP contribution >= 0.6 is 11.6 Å². The molecule has 86 valence electrons. The summed E-state index contributed by atoms with van der Waals surface area (Å²) in [6, 6.07) is 6.47. The molecule has 0 fully saturated rings. The van der Waals surface area contributed by atoms with Crippen molar-refractivity contribution in [1.29, 1.82) is 5.26 Å². The number of ether oxygens (including phenoxy) is 1. The van der Waals surface area contributed by atoms with E-state index in [1.54, 1.807) is 18.2 Å². The van der Waals surface area contributed by atoms with Crippen molar-refractivity contribution in [3.05, 3.63) is 28.8 Å². The first-order valence-electron chi connectivity index (χ1n) is 4.66. The molecule has 0 spiro atoms. The third-order valence-corrected chi connectivity index (χ3v) is 2.35. The van der Waals surface area contributed by atoms with Crippen molar-refractivity contribution >= 4 is 11.6 Å². The van der Waals surface area contributed by atoms with Gasteiger partial charge in [0.2, 0.25) is 0 Å². The van der Waals surface area contributed by atoms with Crippen molar-refractivity contribution in [2.24, 2.45) is 0 Å². The van der Waals surface area contributed by atoms with Crippen LogP contribution < -0.4 is 4.74 Å². The fourth-order valence-electron chi connectivity index (χ4n) is 1.30. The molecule has 4 nitrogen and oxygen atoms in total. The Labute approximate surface area is 98.7 Å². The maximum atomic E-state index is 9.75. The highest BCUT2D eigenvalue weighted by Crippen LogP contribution is 2.27. The van der Waals surface area contributed by atoms with Crippen LogP contribution in [0.2, 0.25) is 5.02 Å². The van der Waals surface area contributed by atoms with Crippen LogP contribution in [0, 0.1) is 11.3 Å². The normalized spacial score (nSPS) is 13.9. The lowest BCUT2D eigenvalue weighted by atomic mass is 10.0.